The Morgan fingerprint density at radius 1 is 1.33 bits per heavy atom. The number of nitrogens with one attached hydrogen (secondary N) is 1. The molecule has 122 valence electrons. The second-order valence-corrected chi connectivity index (χ2v) is 6.07. The fraction of sp³-hybridized carbons (Fsp3) is 0.190. The van der Waals surface area contributed by atoms with Crippen LogP contribution in [0.1, 0.15) is 24.0 Å². The predicted octanol–water partition coefficient (Wildman–Crippen LogP) is 3.83. The van der Waals surface area contributed by atoms with Gasteiger partial charge in [0.05, 0.1) is 6.04 Å². The molecule has 0 saturated carbocycles. The summed E-state index contributed by atoms with van der Waals surface area (Å²) in [5.41, 5.74) is 12.4. The maximum absolute atomic E-state index is 5.93. The van der Waals surface area contributed by atoms with Crippen molar-refractivity contribution in [3.05, 3.63) is 83.6 Å². The zero-order valence-corrected chi connectivity index (χ0v) is 14.0. The van der Waals surface area contributed by atoms with Crippen LogP contribution >= 0.6 is 0 Å². The van der Waals surface area contributed by atoms with E-state index in [1.54, 1.807) is 0 Å². The number of amidine groups is 1. The van der Waals surface area contributed by atoms with Crippen LogP contribution in [0.3, 0.4) is 0 Å². The van der Waals surface area contributed by atoms with Gasteiger partial charge >= 0.3 is 0 Å². The van der Waals surface area contributed by atoms with Crippen molar-refractivity contribution in [2.45, 2.75) is 18.9 Å². The highest BCUT2D eigenvalue weighted by Crippen LogP contribution is 2.34. The maximum atomic E-state index is 5.93. The summed E-state index contributed by atoms with van der Waals surface area (Å²) < 4.78 is 0. The summed E-state index contributed by atoms with van der Waals surface area (Å²) >= 11 is 0. The number of nitrogens with zero attached hydrogens (tertiary/aromatic N) is 1. The van der Waals surface area contributed by atoms with Gasteiger partial charge in [-0.3, -0.25) is 4.99 Å². The average molecular weight is 317 g/mol. The molecule has 1 aliphatic carbocycles. The molecule has 1 unspecified atom stereocenters. The molecule has 1 aliphatic heterocycles. The van der Waals surface area contributed by atoms with E-state index in [-0.39, 0.29) is 6.04 Å². The molecule has 3 nitrogen and oxygen atoms in total. The minimum atomic E-state index is 0.0992. The third-order valence-corrected chi connectivity index (χ3v) is 4.51. The molecule has 0 radical (unpaired) electrons. The third-order valence-electron chi connectivity index (χ3n) is 4.51. The molecule has 0 saturated heterocycles. The van der Waals surface area contributed by atoms with Crippen molar-refractivity contribution in [3.8, 4) is 0 Å². The van der Waals surface area contributed by atoms with E-state index < -0.39 is 0 Å². The molecule has 1 aromatic carbocycles. The SMILES string of the molecule is C=Cc1ccccc1C1=CC=C2C=C(C(=C)N)CC(NC)=NC2C1. The van der Waals surface area contributed by atoms with Crippen molar-refractivity contribution in [1.82, 2.24) is 5.32 Å². The number of aliphatic imine (C=N–C) groups is 1. The van der Waals surface area contributed by atoms with Crippen LogP contribution < -0.4 is 11.1 Å². The molecule has 1 heterocycles. The standard InChI is InChI=1S/C21H23N3/c1-4-15-7-5-6-8-19(15)16-9-10-17-11-18(14(2)22)13-21(23-3)24-20(17)12-16/h4-11,20H,1-2,12-13,22H2,3H3,(H,23,24). The fourth-order valence-electron chi connectivity index (χ4n) is 3.16. The Morgan fingerprint density at radius 2 is 2.12 bits per heavy atom. The van der Waals surface area contributed by atoms with Gasteiger partial charge in [-0.05, 0) is 34.3 Å². The van der Waals surface area contributed by atoms with Gasteiger partial charge in [-0.1, -0.05) is 61.7 Å². The quantitative estimate of drug-likeness (QED) is 0.890. The summed E-state index contributed by atoms with van der Waals surface area (Å²) in [6.45, 7) is 7.81. The topological polar surface area (TPSA) is 50.4 Å². The van der Waals surface area contributed by atoms with Crippen LogP contribution in [0.5, 0.6) is 0 Å². The lowest BCUT2D eigenvalue weighted by atomic mass is 9.87. The second kappa shape index (κ2) is 6.75. The Bertz CT molecular complexity index is 806. The van der Waals surface area contributed by atoms with Crippen LogP contribution in [-0.2, 0) is 0 Å². The van der Waals surface area contributed by atoms with Gasteiger partial charge in [0.1, 0.15) is 5.84 Å². The van der Waals surface area contributed by atoms with E-state index in [2.05, 4.69) is 54.9 Å². The molecular weight excluding hydrogens is 294 g/mol. The molecule has 3 N–H and O–H groups in total. The second-order valence-electron chi connectivity index (χ2n) is 6.07. The van der Waals surface area contributed by atoms with Gasteiger partial charge in [-0.2, -0.15) is 0 Å². The largest absolute Gasteiger partial charge is 0.399 e. The molecule has 0 aromatic heterocycles. The highest BCUT2D eigenvalue weighted by atomic mass is 15.0. The Kier molecular flexibility index (Phi) is 4.52. The Labute approximate surface area is 143 Å². The number of benzene rings is 1. The Hall–Kier alpha value is -2.81. The summed E-state index contributed by atoms with van der Waals surface area (Å²) in [4.78, 5) is 4.90. The molecule has 3 rings (SSSR count). The van der Waals surface area contributed by atoms with E-state index in [4.69, 9.17) is 10.7 Å². The zero-order valence-electron chi connectivity index (χ0n) is 14.0. The zero-order chi connectivity index (χ0) is 17.1. The molecule has 0 bridgehead atoms. The first-order valence-corrected chi connectivity index (χ1v) is 8.14. The lowest BCUT2D eigenvalue weighted by Crippen LogP contribution is -2.22. The number of allylic oxidation sites excluding steroid dienone is 3. The van der Waals surface area contributed by atoms with Crippen molar-refractivity contribution in [1.29, 1.82) is 0 Å². The molecule has 0 amide bonds. The number of hydrogen-bond donors (Lipinski definition) is 2. The first-order valence-electron chi connectivity index (χ1n) is 8.14. The van der Waals surface area contributed by atoms with Crippen molar-refractivity contribution < 1.29 is 0 Å². The molecule has 1 atom stereocenters. The first-order chi connectivity index (χ1) is 11.6. The lowest BCUT2D eigenvalue weighted by molar-refractivity contribution is 0.800. The van der Waals surface area contributed by atoms with Gasteiger partial charge in [0, 0.05) is 19.2 Å². The van der Waals surface area contributed by atoms with Gasteiger partial charge in [0.25, 0.3) is 0 Å². The molecule has 3 heteroatoms. The van der Waals surface area contributed by atoms with E-state index in [1.165, 1.54) is 16.7 Å². The molecule has 0 fully saturated rings. The van der Waals surface area contributed by atoms with Gasteiger partial charge < -0.3 is 11.1 Å². The summed E-state index contributed by atoms with van der Waals surface area (Å²) in [6, 6.07) is 8.43. The molecule has 2 aliphatic rings. The van der Waals surface area contributed by atoms with Crippen molar-refractivity contribution >= 4 is 17.5 Å². The number of nitrogens with two attached hydrogens (primary N) is 1. The normalized spacial score (nSPS) is 19.8. The summed E-state index contributed by atoms with van der Waals surface area (Å²) in [5.74, 6) is 0.944. The maximum Gasteiger partial charge on any atom is 0.101 e. The van der Waals surface area contributed by atoms with E-state index in [1.807, 2.05) is 19.2 Å². The fourth-order valence-corrected chi connectivity index (χ4v) is 3.16. The summed E-state index contributed by atoms with van der Waals surface area (Å²) in [6.07, 6.45) is 9.92. The number of rotatable bonds is 3. The van der Waals surface area contributed by atoms with Crippen LogP contribution in [0.15, 0.2) is 77.5 Å². The van der Waals surface area contributed by atoms with Gasteiger partial charge in [-0.15, -0.1) is 0 Å². The number of hydrogen-bond acceptors (Lipinski definition) is 3. The summed E-state index contributed by atoms with van der Waals surface area (Å²) in [5, 5.41) is 3.19. The minimum Gasteiger partial charge on any atom is -0.399 e. The van der Waals surface area contributed by atoms with Gasteiger partial charge in [0.15, 0.2) is 0 Å². The third kappa shape index (κ3) is 3.11. The van der Waals surface area contributed by atoms with Crippen LogP contribution in [0, 0.1) is 0 Å². The number of fused-ring (bicyclic) bond motifs is 1. The first kappa shape index (κ1) is 16.1. The van der Waals surface area contributed by atoms with E-state index >= 15 is 0 Å². The van der Waals surface area contributed by atoms with Crippen LogP contribution in [0.4, 0.5) is 0 Å². The van der Waals surface area contributed by atoms with Crippen molar-refractivity contribution in [2.24, 2.45) is 10.7 Å². The van der Waals surface area contributed by atoms with Gasteiger partial charge in [0.2, 0.25) is 0 Å². The summed E-state index contributed by atoms with van der Waals surface area (Å²) in [7, 11) is 1.90. The van der Waals surface area contributed by atoms with Crippen LogP contribution in [0.2, 0.25) is 0 Å². The highest BCUT2D eigenvalue weighted by Gasteiger charge is 2.23. The van der Waals surface area contributed by atoms with Crippen LogP contribution in [-0.4, -0.2) is 18.9 Å². The predicted molar refractivity (Wildman–Crippen MR) is 104 cm³/mol. The smallest absolute Gasteiger partial charge is 0.101 e. The average Bonchev–Trinajstić information content (AvgIpc) is 2.80. The molecule has 0 spiro atoms. The van der Waals surface area contributed by atoms with Crippen molar-refractivity contribution in [2.75, 3.05) is 7.05 Å². The highest BCUT2D eigenvalue weighted by molar-refractivity contribution is 5.87. The van der Waals surface area contributed by atoms with E-state index in [0.29, 0.717) is 12.1 Å². The monoisotopic (exact) mass is 317 g/mol. The van der Waals surface area contributed by atoms with Gasteiger partial charge in [-0.25, -0.2) is 0 Å². The lowest BCUT2D eigenvalue weighted by Gasteiger charge is -2.21. The minimum absolute atomic E-state index is 0.0992. The Balaban J connectivity index is 2.03. The van der Waals surface area contributed by atoms with E-state index in [0.717, 1.165) is 23.4 Å². The molecule has 24 heavy (non-hydrogen) atoms. The van der Waals surface area contributed by atoms with Crippen molar-refractivity contribution in [3.63, 3.8) is 0 Å². The molecular formula is C21H23N3. The Morgan fingerprint density at radius 3 is 2.83 bits per heavy atom. The van der Waals surface area contributed by atoms with Crippen LogP contribution in [0.25, 0.3) is 11.6 Å². The van der Waals surface area contributed by atoms with E-state index in [9.17, 15) is 0 Å². The molecule has 1 aromatic rings.